The highest BCUT2D eigenvalue weighted by atomic mass is 16.5. The van der Waals surface area contributed by atoms with Crippen LogP contribution < -0.4 is 0 Å². The molecular formula is C16H14N4O. The quantitative estimate of drug-likeness (QED) is 0.602. The molecule has 0 amide bonds. The third-order valence-corrected chi connectivity index (χ3v) is 3.43. The molecule has 2 aromatic carbocycles. The Kier molecular flexibility index (Phi) is 2.90. The molecule has 4 aromatic rings. The zero-order valence-corrected chi connectivity index (χ0v) is 11.3. The Bertz CT molecular complexity index is 831. The van der Waals surface area contributed by atoms with E-state index < -0.39 is 0 Å². The molecule has 0 unspecified atom stereocenters. The molecule has 0 bridgehead atoms. The monoisotopic (exact) mass is 278 g/mol. The molecule has 2 aromatic heterocycles. The van der Waals surface area contributed by atoms with Crippen LogP contribution in [0.4, 0.5) is 0 Å². The van der Waals surface area contributed by atoms with Crippen LogP contribution in [0, 0.1) is 0 Å². The maximum Gasteiger partial charge on any atom is 0.133 e. The number of aromatic amines is 2. The largest absolute Gasteiger partial charge is 0.369 e. The third-order valence-electron chi connectivity index (χ3n) is 3.43. The van der Waals surface area contributed by atoms with Crippen LogP contribution in [-0.4, -0.2) is 20.2 Å². The number of benzene rings is 2. The number of aromatic nitrogens is 4. The Morgan fingerprint density at radius 3 is 2.81 bits per heavy atom. The van der Waals surface area contributed by atoms with Crippen molar-refractivity contribution in [2.24, 2.45) is 0 Å². The van der Waals surface area contributed by atoms with Crippen molar-refractivity contribution in [3.63, 3.8) is 0 Å². The minimum Gasteiger partial charge on any atom is -0.369 e. The van der Waals surface area contributed by atoms with Crippen molar-refractivity contribution >= 4 is 21.9 Å². The predicted molar refractivity (Wildman–Crippen MR) is 80.7 cm³/mol. The summed E-state index contributed by atoms with van der Waals surface area (Å²) >= 11 is 0. The zero-order chi connectivity index (χ0) is 14.1. The molecule has 0 saturated carbocycles. The van der Waals surface area contributed by atoms with Crippen LogP contribution in [0.3, 0.4) is 0 Å². The van der Waals surface area contributed by atoms with Crippen molar-refractivity contribution in [1.29, 1.82) is 0 Å². The van der Waals surface area contributed by atoms with Gasteiger partial charge in [0.2, 0.25) is 0 Å². The van der Waals surface area contributed by atoms with Crippen molar-refractivity contribution in [3.05, 3.63) is 60.0 Å². The maximum absolute atomic E-state index is 5.70. The molecule has 5 nitrogen and oxygen atoms in total. The Balaban J connectivity index is 1.51. The molecule has 0 saturated heterocycles. The van der Waals surface area contributed by atoms with Crippen LogP contribution in [0.2, 0.25) is 0 Å². The van der Waals surface area contributed by atoms with Gasteiger partial charge in [-0.1, -0.05) is 30.3 Å². The van der Waals surface area contributed by atoms with Gasteiger partial charge in [0.1, 0.15) is 12.4 Å². The number of nitrogens with zero attached hydrogens (tertiary/aromatic N) is 2. The maximum atomic E-state index is 5.70. The molecule has 2 N–H and O–H groups in total. The summed E-state index contributed by atoms with van der Waals surface area (Å²) in [6, 6.07) is 14.1. The second-order valence-corrected chi connectivity index (χ2v) is 4.98. The summed E-state index contributed by atoms with van der Waals surface area (Å²) in [6.45, 7) is 1.05. The number of H-pyrrole nitrogens is 2. The van der Waals surface area contributed by atoms with Crippen molar-refractivity contribution < 1.29 is 4.74 Å². The summed E-state index contributed by atoms with van der Waals surface area (Å²) in [5.74, 6) is 0.831. The van der Waals surface area contributed by atoms with Crippen LogP contribution in [0.15, 0.2) is 48.7 Å². The van der Waals surface area contributed by atoms with Gasteiger partial charge in [-0.15, -0.1) is 0 Å². The van der Waals surface area contributed by atoms with Gasteiger partial charge in [0, 0.05) is 11.6 Å². The van der Waals surface area contributed by atoms with E-state index in [1.165, 1.54) is 0 Å². The fourth-order valence-electron chi connectivity index (χ4n) is 2.41. The molecule has 0 fully saturated rings. The second-order valence-electron chi connectivity index (χ2n) is 4.98. The smallest absolute Gasteiger partial charge is 0.133 e. The molecule has 0 radical (unpaired) electrons. The molecule has 0 aliphatic carbocycles. The lowest BCUT2D eigenvalue weighted by Gasteiger charge is -2.01. The van der Waals surface area contributed by atoms with Crippen LogP contribution >= 0.6 is 0 Å². The summed E-state index contributed by atoms with van der Waals surface area (Å²) in [5.41, 5.74) is 4.00. The molecule has 2 heterocycles. The highest BCUT2D eigenvalue weighted by Gasteiger charge is 2.06. The van der Waals surface area contributed by atoms with Crippen LogP contribution in [0.25, 0.3) is 21.9 Å². The molecule has 4 rings (SSSR count). The zero-order valence-electron chi connectivity index (χ0n) is 11.3. The molecule has 5 heteroatoms. The topological polar surface area (TPSA) is 66.6 Å². The van der Waals surface area contributed by atoms with Gasteiger partial charge in [0.15, 0.2) is 0 Å². The normalized spacial score (nSPS) is 11.4. The summed E-state index contributed by atoms with van der Waals surface area (Å²) in [5, 5.41) is 8.09. The fourth-order valence-corrected chi connectivity index (χ4v) is 2.41. The minimum absolute atomic E-state index is 0.466. The van der Waals surface area contributed by atoms with Gasteiger partial charge in [0.25, 0.3) is 0 Å². The van der Waals surface area contributed by atoms with Gasteiger partial charge in [-0.2, -0.15) is 5.10 Å². The molecule has 0 atom stereocenters. The average Bonchev–Trinajstić information content (AvgIpc) is 3.11. The van der Waals surface area contributed by atoms with Gasteiger partial charge in [-0.3, -0.25) is 5.10 Å². The molecule has 104 valence electrons. The SMILES string of the molecule is c1ccc(COCc2nc3cc4c[nH]nc4cc3[nH]2)cc1. The number of fused-ring (bicyclic) bond motifs is 2. The summed E-state index contributed by atoms with van der Waals surface area (Å²) < 4.78 is 5.70. The first-order chi connectivity index (χ1) is 10.4. The Morgan fingerprint density at radius 2 is 1.90 bits per heavy atom. The number of rotatable bonds is 4. The van der Waals surface area contributed by atoms with Gasteiger partial charge < -0.3 is 9.72 Å². The Labute approximate surface area is 121 Å². The van der Waals surface area contributed by atoms with Crippen LogP contribution in [0.1, 0.15) is 11.4 Å². The van der Waals surface area contributed by atoms with Crippen molar-refractivity contribution in [1.82, 2.24) is 20.2 Å². The van der Waals surface area contributed by atoms with E-state index in [9.17, 15) is 0 Å². The number of imidazole rings is 1. The van der Waals surface area contributed by atoms with Gasteiger partial charge in [0.05, 0.1) is 23.2 Å². The first-order valence-electron chi connectivity index (χ1n) is 6.82. The van der Waals surface area contributed by atoms with E-state index in [2.05, 4.69) is 20.2 Å². The molecule has 0 aliphatic rings. The first-order valence-corrected chi connectivity index (χ1v) is 6.82. The van der Waals surface area contributed by atoms with E-state index in [1.807, 2.05) is 48.7 Å². The lowest BCUT2D eigenvalue weighted by molar-refractivity contribution is 0.102. The third kappa shape index (κ3) is 2.39. The molecule has 0 aliphatic heterocycles. The highest BCUT2D eigenvalue weighted by molar-refractivity contribution is 5.92. The van der Waals surface area contributed by atoms with Crippen molar-refractivity contribution in [2.75, 3.05) is 0 Å². The minimum atomic E-state index is 0.466. The number of hydrogen-bond donors (Lipinski definition) is 2. The van der Waals surface area contributed by atoms with Gasteiger partial charge in [-0.05, 0) is 17.7 Å². The standard InChI is InChI=1S/C16H14N4O/c1-2-4-11(5-3-1)9-21-10-16-18-14-6-12-8-17-20-13(12)7-15(14)19-16/h1-8H,9-10H2,(H,17,20)(H,18,19). The first kappa shape index (κ1) is 12.1. The Morgan fingerprint density at radius 1 is 1.00 bits per heavy atom. The number of ether oxygens (including phenoxy) is 1. The average molecular weight is 278 g/mol. The van der Waals surface area contributed by atoms with Crippen molar-refractivity contribution in [2.45, 2.75) is 13.2 Å². The van der Waals surface area contributed by atoms with E-state index in [-0.39, 0.29) is 0 Å². The van der Waals surface area contributed by atoms with E-state index in [0.717, 1.165) is 33.3 Å². The summed E-state index contributed by atoms with van der Waals surface area (Å²) in [6.07, 6.45) is 1.87. The predicted octanol–water partition coefficient (Wildman–Crippen LogP) is 3.16. The lowest BCUT2D eigenvalue weighted by Crippen LogP contribution is -1.95. The van der Waals surface area contributed by atoms with E-state index in [0.29, 0.717) is 13.2 Å². The highest BCUT2D eigenvalue weighted by Crippen LogP contribution is 2.19. The molecular weight excluding hydrogens is 264 g/mol. The van der Waals surface area contributed by atoms with Gasteiger partial charge >= 0.3 is 0 Å². The second kappa shape index (κ2) is 5.03. The van der Waals surface area contributed by atoms with Gasteiger partial charge in [-0.25, -0.2) is 4.98 Å². The molecule has 0 spiro atoms. The van der Waals surface area contributed by atoms with E-state index >= 15 is 0 Å². The lowest BCUT2D eigenvalue weighted by atomic mass is 10.2. The fraction of sp³-hybridized carbons (Fsp3) is 0.125. The number of nitrogens with one attached hydrogen (secondary N) is 2. The van der Waals surface area contributed by atoms with Crippen molar-refractivity contribution in [3.8, 4) is 0 Å². The number of hydrogen-bond acceptors (Lipinski definition) is 3. The summed E-state index contributed by atoms with van der Waals surface area (Å²) in [7, 11) is 0. The Hall–Kier alpha value is -2.66. The van der Waals surface area contributed by atoms with Crippen LogP contribution in [0.5, 0.6) is 0 Å². The summed E-state index contributed by atoms with van der Waals surface area (Å²) in [4.78, 5) is 7.83. The van der Waals surface area contributed by atoms with Crippen LogP contribution in [-0.2, 0) is 18.0 Å². The van der Waals surface area contributed by atoms with E-state index in [4.69, 9.17) is 4.74 Å². The van der Waals surface area contributed by atoms with E-state index in [1.54, 1.807) is 0 Å². The molecule has 21 heavy (non-hydrogen) atoms.